The van der Waals surface area contributed by atoms with E-state index >= 15 is 0 Å². The van der Waals surface area contributed by atoms with Crippen LogP contribution in [0.3, 0.4) is 0 Å². The molecule has 6 heteroatoms. The highest BCUT2D eigenvalue weighted by molar-refractivity contribution is 5.92. The first kappa shape index (κ1) is 21.8. The zero-order chi connectivity index (χ0) is 22.9. The van der Waals surface area contributed by atoms with Gasteiger partial charge in [0.2, 0.25) is 5.91 Å². The second-order valence-electron chi connectivity index (χ2n) is 7.56. The molecule has 0 radical (unpaired) electrons. The number of nitrogens with zero attached hydrogens (tertiary/aromatic N) is 4. The van der Waals surface area contributed by atoms with E-state index in [1.165, 1.54) is 6.08 Å². The third kappa shape index (κ3) is 5.86. The van der Waals surface area contributed by atoms with Crippen molar-refractivity contribution in [1.29, 1.82) is 5.26 Å². The van der Waals surface area contributed by atoms with Gasteiger partial charge in [-0.05, 0) is 23.8 Å². The average molecular weight is 437 g/mol. The summed E-state index contributed by atoms with van der Waals surface area (Å²) in [4.78, 5) is 14.6. The number of rotatable bonds is 9. The van der Waals surface area contributed by atoms with Crippen LogP contribution in [-0.4, -0.2) is 27.1 Å². The van der Waals surface area contributed by atoms with Crippen LogP contribution in [0.1, 0.15) is 23.3 Å². The monoisotopic (exact) mass is 436 g/mol. The van der Waals surface area contributed by atoms with Gasteiger partial charge in [0.1, 0.15) is 5.76 Å². The number of hydrogen-bond donors (Lipinski definition) is 0. The predicted octanol–water partition coefficient (Wildman–Crippen LogP) is 5.15. The molecular formula is C27H24N4O2. The summed E-state index contributed by atoms with van der Waals surface area (Å²) in [7, 11) is 0. The first-order valence-corrected chi connectivity index (χ1v) is 10.8. The van der Waals surface area contributed by atoms with Gasteiger partial charge in [-0.15, -0.1) is 0 Å². The van der Waals surface area contributed by atoms with Gasteiger partial charge in [0.05, 0.1) is 37.5 Å². The summed E-state index contributed by atoms with van der Waals surface area (Å²) in [5.41, 5.74) is 3.79. The van der Waals surface area contributed by atoms with Crippen molar-refractivity contribution in [2.75, 3.05) is 6.54 Å². The van der Waals surface area contributed by atoms with Crippen molar-refractivity contribution in [1.82, 2.24) is 14.7 Å². The van der Waals surface area contributed by atoms with Crippen molar-refractivity contribution in [3.63, 3.8) is 0 Å². The molecule has 0 atom stereocenters. The maximum atomic E-state index is 13.0. The van der Waals surface area contributed by atoms with Crippen LogP contribution < -0.4 is 0 Å². The SMILES string of the molecule is N#CCCN(Cc1ccco1)C(=O)C=Cc1cn(Cc2ccccc2)nc1-c1ccccc1. The Bertz CT molecular complexity index is 1240. The van der Waals surface area contributed by atoms with Gasteiger partial charge in [0.15, 0.2) is 0 Å². The molecule has 0 saturated heterocycles. The van der Waals surface area contributed by atoms with Crippen molar-refractivity contribution >= 4 is 12.0 Å². The van der Waals surface area contributed by atoms with E-state index in [1.807, 2.05) is 65.5 Å². The normalized spacial score (nSPS) is 10.9. The minimum Gasteiger partial charge on any atom is -0.467 e. The smallest absolute Gasteiger partial charge is 0.247 e. The van der Waals surface area contributed by atoms with Gasteiger partial charge >= 0.3 is 0 Å². The second kappa shape index (κ2) is 10.8. The average Bonchev–Trinajstić information content (AvgIpc) is 3.51. The maximum Gasteiger partial charge on any atom is 0.247 e. The standard InChI is InChI=1S/C27H24N4O2/c28-16-8-17-30(21-25-13-7-18-33-25)26(32)15-14-24-20-31(19-22-9-3-1-4-10-22)29-27(24)23-11-5-2-6-12-23/h1-7,9-15,18,20H,8,17,19,21H2. The van der Waals surface area contributed by atoms with Gasteiger partial charge in [0.25, 0.3) is 0 Å². The van der Waals surface area contributed by atoms with Crippen LogP contribution in [-0.2, 0) is 17.9 Å². The molecule has 2 aromatic heterocycles. The fourth-order valence-electron chi connectivity index (χ4n) is 3.54. The Morgan fingerprint density at radius 1 is 1.06 bits per heavy atom. The first-order chi connectivity index (χ1) is 16.2. The van der Waals surface area contributed by atoms with Crippen LogP contribution in [0.2, 0.25) is 0 Å². The Morgan fingerprint density at radius 3 is 2.52 bits per heavy atom. The minimum absolute atomic E-state index is 0.184. The molecule has 0 aliphatic rings. The summed E-state index contributed by atoms with van der Waals surface area (Å²) >= 11 is 0. The first-order valence-electron chi connectivity index (χ1n) is 10.8. The predicted molar refractivity (Wildman–Crippen MR) is 127 cm³/mol. The van der Waals surface area contributed by atoms with Crippen molar-refractivity contribution in [3.8, 4) is 17.3 Å². The zero-order valence-corrected chi connectivity index (χ0v) is 18.2. The van der Waals surface area contributed by atoms with Gasteiger partial charge in [0, 0.05) is 29.9 Å². The Morgan fingerprint density at radius 2 is 1.82 bits per heavy atom. The molecule has 4 rings (SSSR count). The van der Waals surface area contributed by atoms with Crippen LogP contribution in [0.4, 0.5) is 0 Å². The lowest BCUT2D eigenvalue weighted by Crippen LogP contribution is -2.29. The number of benzene rings is 2. The zero-order valence-electron chi connectivity index (χ0n) is 18.2. The third-order valence-electron chi connectivity index (χ3n) is 5.16. The summed E-state index contributed by atoms with van der Waals surface area (Å²) in [6, 6.07) is 25.7. The molecule has 0 unspecified atom stereocenters. The van der Waals surface area contributed by atoms with Crippen LogP contribution in [0.5, 0.6) is 0 Å². The molecule has 4 aromatic rings. The van der Waals surface area contributed by atoms with Gasteiger partial charge in [-0.1, -0.05) is 60.7 Å². The second-order valence-corrected chi connectivity index (χ2v) is 7.56. The van der Waals surface area contributed by atoms with Crippen LogP contribution >= 0.6 is 0 Å². The summed E-state index contributed by atoms with van der Waals surface area (Å²) in [6.45, 7) is 1.28. The largest absolute Gasteiger partial charge is 0.467 e. The molecule has 2 aromatic carbocycles. The Kier molecular flexibility index (Phi) is 7.14. The van der Waals surface area contributed by atoms with Crippen molar-refractivity contribution < 1.29 is 9.21 Å². The molecule has 0 saturated carbocycles. The van der Waals surface area contributed by atoms with Gasteiger partial charge in [-0.3, -0.25) is 9.48 Å². The van der Waals surface area contributed by atoms with E-state index in [1.54, 1.807) is 23.3 Å². The molecule has 1 amide bonds. The lowest BCUT2D eigenvalue weighted by molar-refractivity contribution is -0.126. The van der Waals surface area contributed by atoms with Crippen molar-refractivity contribution in [3.05, 3.63) is 108 Å². The molecule has 0 aliphatic carbocycles. The molecule has 0 spiro atoms. The summed E-state index contributed by atoms with van der Waals surface area (Å²) < 4.78 is 7.27. The Balaban J connectivity index is 1.59. The van der Waals surface area contributed by atoms with Crippen molar-refractivity contribution in [2.24, 2.45) is 0 Å². The van der Waals surface area contributed by atoms with Crippen LogP contribution in [0.15, 0.2) is 95.7 Å². The summed E-state index contributed by atoms with van der Waals surface area (Å²) in [5.74, 6) is 0.492. The molecule has 0 fully saturated rings. The van der Waals surface area contributed by atoms with E-state index in [9.17, 15) is 4.79 Å². The van der Waals surface area contributed by atoms with Crippen LogP contribution in [0, 0.1) is 11.3 Å². The molecular weight excluding hydrogens is 412 g/mol. The molecule has 33 heavy (non-hydrogen) atoms. The van der Waals surface area contributed by atoms with E-state index in [2.05, 4.69) is 18.2 Å². The highest BCUT2D eigenvalue weighted by Gasteiger charge is 2.14. The minimum atomic E-state index is -0.184. The highest BCUT2D eigenvalue weighted by atomic mass is 16.3. The number of carbonyl (C=O) groups is 1. The number of carbonyl (C=O) groups excluding carboxylic acids is 1. The summed E-state index contributed by atoms with van der Waals surface area (Å²) in [6.07, 6.45) is 7.11. The highest BCUT2D eigenvalue weighted by Crippen LogP contribution is 2.24. The van der Waals surface area contributed by atoms with E-state index in [4.69, 9.17) is 14.8 Å². The van der Waals surface area contributed by atoms with E-state index in [0.717, 1.165) is 22.4 Å². The van der Waals surface area contributed by atoms with Crippen molar-refractivity contribution in [2.45, 2.75) is 19.5 Å². The van der Waals surface area contributed by atoms with Gasteiger partial charge in [-0.2, -0.15) is 10.4 Å². The van der Waals surface area contributed by atoms with E-state index in [0.29, 0.717) is 25.4 Å². The lowest BCUT2D eigenvalue weighted by Gasteiger charge is -2.18. The van der Waals surface area contributed by atoms with Crippen LogP contribution in [0.25, 0.3) is 17.3 Å². The summed E-state index contributed by atoms with van der Waals surface area (Å²) in [5, 5.41) is 13.8. The number of amides is 1. The number of aromatic nitrogens is 2. The van der Waals surface area contributed by atoms with Gasteiger partial charge < -0.3 is 9.32 Å². The van der Waals surface area contributed by atoms with E-state index in [-0.39, 0.29) is 12.3 Å². The maximum absolute atomic E-state index is 13.0. The number of furan rings is 1. The number of nitriles is 1. The fraction of sp³-hybridized carbons (Fsp3) is 0.148. The third-order valence-corrected chi connectivity index (χ3v) is 5.16. The number of hydrogen-bond acceptors (Lipinski definition) is 4. The quantitative estimate of drug-likeness (QED) is 0.340. The Labute approximate surface area is 193 Å². The van der Waals surface area contributed by atoms with E-state index < -0.39 is 0 Å². The van der Waals surface area contributed by atoms with Gasteiger partial charge in [-0.25, -0.2) is 0 Å². The molecule has 2 heterocycles. The molecule has 0 aliphatic heterocycles. The fourth-order valence-corrected chi connectivity index (χ4v) is 3.54. The molecule has 0 bridgehead atoms. The molecule has 0 N–H and O–H groups in total. The molecule has 6 nitrogen and oxygen atoms in total. The molecule has 164 valence electrons. The Hall–Kier alpha value is -4.37. The lowest BCUT2D eigenvalue weighted by atomic mass is 10.1. The topological polar surface area (TPSA) is 75.1 Å².